The van der Waals surface area contributed by atoms with Crippen molar-refractivity contribution in [1.82, 2.24) is 4.98 Å². The largest absolute Gasteiger partial charge is 0.227 e. The zero-order valence-electron chi connectivity index (χ0n) is 8.35. The third-order valence-corrected chi connectivity index (χ3v) is 3.37. The summed E-state index contributed by atoms with van der Waals surface area (Å²) in [5.74, 6) is 0.479. The third-order valence-electron chi connectivity index (χ3n) is 2.58. The summed E-state index contributed by atoms with van der Waals surface area (Å²) in [6.45, 7) is 4.13. The van der Waals surface area contributed by atoms with E-state index in [-0.39, 0.29) is 5.95 Å². The number of rotatable bonds is 2. The molecule has 0 amide bonds. The van der Waals surface area contributed by atoms with Crippen LogP contribution < -0.4 is 0 Å². The molecule has 1 aromatic rings. The Morgan fingerprint density at radius 3 is 2.64 bits per heavy atom. The molecule has 1 saturated carbocycles. The molecule has 76 valence electrons. The highest BCUT2D eigenvalue weighted by atomic mass is 79.9. The molecule has 0 N–H and O–H groups in total. The maximum Gasteiger partial charge on any atom is 0.227 e. The Labute approximate surface area is 91.9 Å². The first-order valence-electron chi connectivity index (χ1n) is 4.95. The van der Waals surface area contributed by atoms with Crippen LogP contribution in [0.3, 0.4) is 0 Å². The van der Waals surface area contributed by atoms with Gasteiger partial charge in [0.05, 0.1) is 4.47 Å². The number of halogens is 2. The summed E-state index contributed by atoms with van der Waals surface area (Å²) in [7, 11) is 0. The van der Waals surface area contributed by atoms with Gasteiger partial charge >= 0.3 is 0 Å². The molecule has 1 fully saturated rings. The zero-order chi connectivity index (χ0) is 10.3. The van der Waals surface area contributed by atoms with Gasteiger partial charge in [0, 0.05) is 11.6 Å². The molecule has 0 saturated heterocycles. The second kappa shape index (κ2) is 3.61. The molecular weight excluding hydrogens is 245 g/mol. The van der Waals surface area contributed by atoms with Crippen LogP contribution in [0.15, 0.2) is 10.5 Å². The van der Waals surface area contributed by atoms with Gasteiger partial charge in [-0.15, -0.1) is 0 Å². The summed E-state index contributed by atoms with van der Waals surface area (Å²) >= 11 is 3.25. The van der Waals surface area contributed by atoms with E-state index in [0.717, 1.165) is 24.1 Å². The van der Waals surface area contributed by atoms with Crippen molar-refractivity contribution in [3.05, 3.63) is 27.7 Å². The molecule has 14 heavy (non-hydrogen) atoms. The lowest BCUT2D eigenvalue weighted by atomic mass is 10.0. The van der Waals surface area contributed by atoms with E-state index in [4.69, 9.17) is 0 Å². The molecule has 2 rings (SSSR count). The Morgan fingerprint density at radius 2 is 2.14 bits per heavy atom. The van der Waals surface area contributed by atoms with E-state index in [2.05, 4.69) is 34.8 Å². The Bertz CT molecular complexity index is 359. The standard InChI is InChI=1S/C11H13BrFN/c1-6(2)8-5-9(7-3-4-7)14-11(13)10(8)12/h5-7H,3-4H2,1-2H3. The summed E-state index contributed by atoms with van der Waals surface area (Å²) in [6, 6.07) is 2.04. The lowest BCUT2D eigenvalue weighted by Crippen LogP contribution is -1.99. The Morgan fingerprint density at radius 1 is 1.50 bits per heavy atom. The molecule has 1 aliphatic carbocycles. The normalized spacial score (nSPS) is 16.4. The maximum absolute atomic E-state index is 13.4. The van der Waals surface area contributed by atoms with Crippen molar-refractivity contribution in [1.29, 1.82) is 0 Å². The topological polar surface area (TPSA) is 12.9 Å². The van der Waals surface area contributed by atoms with E-state index in [1.54, 1.807) is 0 Å². The summed E-state index contributed by atoms with van der Waals surface area (Å²) in [5, 5.41) is 0. The lowest BCUT2D eigenvalue weighted by Gasteiger charge is -2.10. The van der Waals surface area contributed by atoms with Gasteiger partial charge < -0.3 is 0 Å². The average molecular weight is 258 g/mol. The van der Waals surface area contributed by atoms with Crippen molar-refractivity contribution in [2.45, 2.75) is 38.5 Å². The average Bonchev–Trinajstić information content (AvgIpc) is 2.91. The fourth-order valence-corrected chi connectivity index (χ4v) is 2.21. The van der Waals surface area contributed by atoms with Gasteiger partial charge in [0.2, 0.25) is 5.95 Å². The van der Waals surface area contributed by atoms with Crippen LogP contribution in [0.5, 0.6) is 0 Å². The molecule has 0 unspecified atom stereocenters. The molecule has 0 aliphatic heterocycles. The fraction of sp³-hybridized carbons (Fsp3) is 0.545. The predicted molar refractivity (Wildman–Crippen MR) is 58.0 cm³/mol. The van der Waals surface area contributed by atoms with Gasteiger partial charge in [0.25, 0.3) is 0 Å². The molecule has 0 aromatic carbocycles. The van der Waals surface area contributed by atoms with E-state index in [1.165, 1.54) is 0 Å². The molecule has 3 heteroatoms. The van der Waals surface area contributed by atoms with Crippen molar-refractivity contribution >= 4 is 15.9 Å². The van der Waals surface area contributed by atoms with Gasteiger partial charge in [0.1, 0.15) is 0 Å². The van der Waals surface area contributed by atoms with Gasteiger partial charge in [-0.1, -0.05) is 13.8 Å². The van der Waals surface area contributed by atoms with Crippen molar-refractivity contribution < 1.29 is 4.39 Å². The molecule has 0 radical (unpaired) electrons. The minimum absolute atomic E-state index is 0.333. The van der Waals surface area contributed by atoms with Crippen LogP contribution in [0, 0.1) is 5.95 Å². The van der Waals surface area contributed by atoms with E-state index < -0.39 is 0 Å². The van der Waals surface area contributed by atoms with E-state index in [1.807, 2.05) is 6.07 Å². The fourth-order valence-electron chi connectivity index (χ4n) is 1.54. The van der Waals surface area contributed by atoms with E-state index >= 15 is 0 Å². The second-order valence-electron chi connectivity index (χ2n) is 4.17. The summed E-state index contributed by atoms with van der Waals surface area (Å²) < 4.78 is 14.0. The van der Waals surface area contributed by atoms with Crippen molar-refractivity contribution in [3.63, 3.8) is 0 Å². The quantitative estimate of drug-likeness (QED) is 0.731. The monoisotopic (exact) mass is 257 g/mol. The van der Waals surface area contributed by atoms with Crippen LogP contribution in [-0.2, 0) is 0 Å². The van der Waals surface area contributed by atoms with Gasteiger partial charge in [-0.3, -0.25) is 0 Å². The predicted octanol–water partition coefficient (Wildman–Crippen LogP) is 3.98. The number of hydrogen-bond donors (Lipinski definition) is 0. The highest BCUT2D eigenvalue weighted by molar-refractivity contribution is 9.10. The van der Waals surface area contributed by atoms with Gasteiger partial charge in [-0.2, -0.15) is 4.39 Å². The highest BCUT2D eigenvalue weighted by Gasteiger charge is 2.27. The first-order chi connectivity index (χ1) is 6.59. The van der Waals surface area contributed by atoms with Crippen LogP contribution in [0.4, 0.5) is 4.39 Å². The van der Waals surface area contributed by atoms with Gasteiger partial charge in [-0.25, -0.2) is 4.98 Å². The Balaban J connectivity index is 2.46. The molecule has 1 nitrogen and oxygen atoms in total. The lowest BCUT2D eigenvalue weighted by molar-refractivity contribution is 0.564. The van der Waals surface area contributed by atoms with Crippen LogP contribution in [0.1, 0.15) is 49.8 Å². The van der Waals surface area contributed by atoms with Crippen LogP contribution in [-0.4, -0.2) is 4.98 Å². The van der Waals surface area contributed by atoms with E-state index in [0.29, 0.717) is 16.3 Å². The molecule has 1 heterocycles. The minimum atomic E-state index is -0.363. The first kappa shape index (κ1) is 10.1. The number of hydrogen-bond acceptors (Lipinski definition) is 1. The van der Waals surface area contributed by atoms with Crippen molar-refractivity contribution in [2.75, 3.05) is 0 Å². The SMILES string of the molecule is CC(C)c1cc(C2CC2)nc(F)c1Br. The molecular formula is C11H13BrFN. The smallest absolute Gasteiger partial charge is 0.224 e. The van der Waals surface area contributed by atoms with E-state index in [9.17, 15) is 4.39 Å². The van der Waals surface area contributed by atoms with Crippen LogP contribution in [0.2, 0.25) is 0 Å². The number of aromatic nitrogens is 1. The Kier molecular flexibility index (Phi) is 2.60. The van der Waals surface area contributed by atoms with Crippen LogP contribution in [0.25, 0.3) is 0 Å². The number of nitrogens with zero attached hydrogens (tertiary/aromatic N) is 1. The molecule has 0 atom stereocenters. The van der Waals surface area contributed by atoms with Crippen LogP contribution >= 0.6 is 15.9 Å². The zero-order valence-corrected chi connectivity index (χ0v) is 9.94. The maximum atomic E-state index is 13.4. The number of pyridine rings is 1. The molecule has 1 aromatic heterocycles. The third kappa shape index (κ3) is 1.83. The first-order valence-corrected chi connectivity index (χ1v) is 5.74. The highest BCUT2D eigenvalue weighted by Crippen LogP contribution is 2.41. The summed E-state index contributed by atoms with van der Waals surface area (Å²) in [6.07, 6.45) is 2.32. The summed E-state index contributed by atoms with van der Waals surface area (Å²) in [4.78, 5) is 3.96. The molecule has 0 spiro atoms. The van der Waals surface area contributed by atoms with Crippen molar-refractivity contribution in [3.8, 4) is 0 Å². The minimum Gasteiger partial charge on any atom is -0.224 e. The van der Waals surface area contributed by atoms with Gasteiger partial charge in [-0.05, 0) is 46.3 Å². The van der Waals surface area contributed by atoms with Crippen molar-refractivity contribution in [2.24, 2.45) is 0 Å². The molecule has 1 aliphatic rings. The van der Waals surface area contributed by atoms with Gasteiger partial charge in [0.15, 0.2) is 0 Å². The second-order valence-corrected chi connectivity index (χ2v) is 4.96. The summed E-state index contributed by atoms with van der Waals surface area (Å²) in [5.41, 5.74) is 1.95. The molecule has 0 bridgehead atoms. The Hall–Kier alpha value is -0.440.